The van der Waals surface area contributed by atoms with Crippen molar-refractivity contribution in [2.45, 2.75) is 26.8 Å². The van der Waals surface area contributed by atoms with Gasteiger partial charge in [-0.2, -0.15) is 0 Å². The summed E-state index contributed by atoms with van der Waals surface area (Å²) in [6.45, 7) is 6.62. The molecule has 0 aliphatic carbocycles. The van der Waals surface area contributed by atoms with Crippen LogP contribution in [0.3, 0.4) is 0 Å². The number of benzene rings is 1. The maximum atomic E-state index is 11.6. The Morgan fingerprint density at radius 3 is 2.95 bits per heavy atom. The fourth-order valence-corrected chi connectivity index (χ4v) is 2.64. The number of halogens is 1. The van der Waals surface area contributed by atoms with Gasteiger partial charge < -0.3 is 9.47 Å². The van der Waals surface area contributed by atoms with E-state index < -0.39 is 0 Å². The third-order valence-electron chi connectivity index (χ3n) is 3.32. The van der Waals surface area contributed by atoms with Crippen LogP contribution in [0.2, 0.25) is 5.02 Å². The van der Waals surface area contributed by atoms with Gasteiger partial charge in [0.15, 0.2) is 0 Å². The van der Waals surface area contributed by atoms with Gasteiger partial charge in [-0.1, -0.05) is 18.5 Å². The number of nitrogens with zero attached hydrogens (tertiary/aromatic N) is 1. The number of hydrogen-bond acceptors (Lipinski definition) is 4. The quantitative estimate of drug-likeness (QED) is 0.757. The minimum atomic E-state index is -0.200. The van der Waals surface area contributed by atoms with Gasteiger partial charge in [0.2, 0.25) is 0 Å². The first-order chi connectivity index (χ1) is 9.63. The first-order valence-electron chi connectivity index (χ1n) is 6.96. The van der Waals surface area contributed by atoms with Crippen molar-refractivity contribution >= 4 is 17.6 Å². The van der Waals surface area contributed by atoms with Gasteiger partial charge >= 0.3 is 5.97 Å². The molecule has 0 saturated carbocycles. The molecule has 0 saturated heterocycles. The Kier molecular flexibility index (Phi) is 5.26. The molecule has 0 bridgehead atoms. The Labute approximate surface area is 124 Å². The lowest BCUT2D eigenvalue weighted by Gasteiger charge is -2.20. The highest BCUT2D eigenvalue weighted by Gasteiger charge is 2.20. The summed E-state index contributed by atoms with van der Waals surface area (Å²) in [5.74, 6) is 0.727. The van der Waals surface area contributed by atoms with Crippen molar-refractivity contribution in [3.63, 3.8) is 0 Å². The molecule has 1 aromatic carbocycles. The van der Waals surface area contributed by atoms with Crippen LogP contribution in [0.15, 0.2) is 12.1 Å². The van der Waals surface area contributed by atoms with Gasteiger partial charge in [0.05, 0.1) is 19.8 Å². The van der Waals surface area contributed by atoms with Crippen LogP contribution < -0.4 is 4.74 Å². The SMILES string of the molecule is CCOC(=O)CN(CC)Cc1cc(Cl)cc2c1OCC2. The van der Waals surface area contributed by atoms with Gasteiger partial charge in [-0.15, -0.1) is 0 Å². The minimum Gasteiger partial charge on any atom is -0.493 e. The molecule has 0 atom stereocenters. The molecule has 0 radical (unpaired) electrons. The molecule has 0 spiro atoms. The van der Waals surface area contributed by atoms with Crippen molar-refractivity contribution in [3.05, 3.63) is 28.3 Å². The van der Waals surface area contributed by atoms with E-state index in [1.54, 1.807) is 0 Å². The van der Waals surface area contributed by atoms with E-state index in [0.717, 1.165) is 34.9 Å². The van der Waals surface area contributed by atoms with Crippen LogP contribution in [0, 0.1) is 0 Å². The zero-order chi connectivity index (χ0) is 14.5. The highest BCUT2D eigenvalue weighted by molar-refractivity contribution is 6.30. The highest BCUT2D eigenvalue weighted by Crippen LogP contribution is 2.33. The number of hydrogen-bond donors (Lipinski definition) is 0. The van der Waals surface area contributed by atoms with Crippen molar-refractivity contribution in [2.24, 2.45) is 0 Å². The molecule has 0 aromatic heterocycles. The number of carbonyl (C=O) groups is 1. The van der Waals surface area contributed by atoms with E-state index >= 15 is 0 Å². The molecule has 0 fully saturated rings. The number of likely N-dealkylation sites (N-methyl/N-ethyl adjacent to an activating group) is 1. The Morgan fingerprint density at radius 2 is 2.25 bits per heavy atom. The molecule has 4 nitrogen and oxygen atoms in total. The van der Waals surface area contributed by atoms with E-state index in [2.05, 4.69) is 0 Å². The van der Waals surface area contributed by atoms with E-state index in [9.17, 15) is 4.79 Å². The predicted octanol–water partition coefficient (Wildman–Crippen LogP) is 2.66. The zero-order valence-electron chi connectivity index (χ0n) is 11.9. The smallest absolute Gasteiger partial charge is 0.320 e. The van der Waals surface area contributed by atoms with Gasteiger partial charge in [-0.05, 0) is 31.2 Å². The van der Waals surface area contributed by atoms with E-state index in [1.807, 2.05) is 30.9 Å². The van der Waals surface area contributed by atoms with Crippen LogP contribution in [0.5, 0.6) is 5.75 Å². The number of carbonyl (C=O) groups excluding carboxylic acids is 1. The Morgan fingerprint density at radius 1 is 1.45 bits per heavy atom. The maximum absolute atomic E-state index is 11.6. The minimum absolute atomic E-state index is 0.200. The van der Waals surface area contributed by atoms with Gasteiger partial charge in [-0.3, -0.25) is 9.69 Å². The van der Waals surface area contributed by atoms with E-state index in [0.29, 0.717) is 19.8 Å². The van der Waals surface area contributed by atoms with Crippen LogP contribution in [0.4, 0.5) is 0 Å². The normalized spacial score (nSPS) is 13.2. The standard InChI is InChI=1S/C15H20ClNO3/c1-3-17(10-14(18)19-4-2)9-12-8-13(16)7-11-5-6-20-15(11)12/h7-8H,3-6,9-10H2,1-2H3. The fraction of sp³-hybridized carbons (Fsp3) is 0.533. The van der Waals surface area contributed by atoms with Crippen molar-refractivity contribution in [1.82, 2.24) is 4.90 Å². The molecule has 2 rings (SSSR count). The van der Waals surface area contributed by atoms with Crippen molar-refractivity contribution in [1.29, 1.82) is 0 Å². The molecule has 1 heterocycles. The Hall–Kier alpha value is -1.26. The second-order valence-electron chi connectivity index (χ2n) is 4.76. The third-order valence-corrected chi connectivity index (χ3v) is 3.54. The predicted molar refractivity (Wildman–Crippen MR) is 78.2 cm³/mol. The van der Waals surface area contributed by atoms with E-state index in [-0.39, 0.29) is 12.5 Å². The molecule has 0 amide bonds. The lowest BCUT2D eigenvalue weighted by atomic mass is 10.1. The summed E-state index contributed by atoms with van der Waals surface area (Å²) in [4.78, 5) is 13.6. The highest BCUT2D eigenvalue weighted by atomic mass is 35.5. The first-order valence-corrected chi connectivity index (χ1v) is 7.33. The van der Waals surface area contributed by atoms with Gasteiger partial charge in [0.25, 0.3) is 0 Å². The van der Waals surface area contributed by atoms with Crippen molar-refractivity contribution < 1.29 is 14.3 Å². The second-order valence-corrected chi connectivity index (χ2v) is 5.20. The van der Waals surface area contributed by atoms with Crippen LogP contribution >= 0.6 is 11.6 Å². The molecule has 110 valence electrons. The Bertz CT molecular complexity index is 490. The molecule has 1 aliphatic heterocycles. The summed E-state index contributed by atoms with van der Waals surface area (Å²) < 4.78 is 10.7. The molecular formula is C15H20ClNO3. The average Bonchev–Trinajstić information content (AvgIpc) is 2.86. The molecular weight excluding hydrogens is 278 g/mol. The number of esters is 1. The Balaban J connectivity index is 2.10. The number of ether oxygens (including phenoxy) is 2. The molecule has 5 heteroatoms. The van der Waals surface area contributed by atoms with Gasteiger partial charge in [0.1, 0.15) is 5.75 Å². The molecule has 20 heavy (non-hydrogen) atoms. The van der Waals surface area contributed by atoms with Crippen LogP contribution in [0.1, 0.15) is 25.0 Å². The first kappa shape index (κ1) is 15.1. The molecule has 1 aromatic rings. The lowest BCUT2D eigenvalue weighted by Crippen LogP contribution is -2.30. The zero-order valence-corrected chi connectivity index (χ0v) is 12.7. The van der Waals surface area contributed by atoms with E-state index in [1.165, 1.54) is 0 Å². The topological polar surface area (TPSA) is 38.8 Å². The van der Waals surface area contributed by atoms with Crippen molar-refractivity contribution in [2.75, 3.05) is 26.3 Å². The summed E-state index contributed by atoms with van der Waals surface area (Å²) >= 11 is 6.14. The summed E-state index contributed by atoms with van der Waals surface area (Å²) in [5, 5.41) is 0.719. The van der Waals surface area contributed by atoms with Crippen molar-refractivity contribution in [3.8, 4) is 5.75 Å². The number of rotatable bonds is 6. The monoisotopic (exact) mass is 297 g/mol. The summed E-state index contributed by atoms with van der Waals surface area (Å²) in [5.41, 5.74) is 2.19. The molecule has 0 unspecified atom stereocenters. The lowest BCUT2D eigenvalue weighted by molar-refractivity contribution is -0.144. The van der Waals surface area contributed by atoms with Gasteiger partial charge in [-0.25, -0.2) is 0 Å². The van der Waals surface area contributed by atoms with Crippen LogP contribution in [0.25, 0.3) is 0 Å². The van der Waals surface area contributed by atoms with Gasteiger partial charge in [0, 0.05) is 23.6 Å². The number of fused-ring (bicyclic) bond motifs is 1. The van der Waals surface area contributed by atoms with Crippen LogP contribution in [-0.4, -0.2) is 37.2 Å². The second kappa shape index (κ2) is 6.95. The van der Waals surface area contributed by atoms with E-state index in [4.69, 9.17) is 21.1 Å². The third kappa shape index (κ3) is 3.64. The summed E-state index contributed by atoms with van der Waals surface area (Å²) in [6, 6.07) is 3.87. The molecule has 1 aliphatic rings. The van der Waals surface area contributed by atoms with Crippen LogP contribution in [-0.2, 0) is 22.5 Å². The summed E-state index contributed by atoms with van der Waals surface area (Å²) in [7, 11) is 0. The maximum Gasteiger partial charge on any atom is 0.320 e. The summed E-state index contributed by atoms with van der Waals surface area (Å²) in [6.07, 6.45) is 0.896. The largest absolute Gasteiger partial charge is 0.493 e. The average molecular weight is 298 g/mol. The fourth-order valence-electron chi connectivity index (χ4n) is 2.37. The molecule has 0 N–H and O–H groups in total.